The van der Waals surface area contributed by atoms with E-state index >= 15 is 0 Å². The summed E-state index contributed by atoms with van der Waals surface area (Å²) >= 11 is 1.49. The predicted octanol–water partition coefficient (Wildman–Crippen LogP) is 2.47. The van der Waals surface area contributed by atoms with Crippen molar-refractivity contribution < 1.29 is 4.74 Å². The average molecular weight is 278 g/mol. The number of thiazole rings is 1. The summed E-state index contributed by atoms with van der Waals surface area (Å²) in [7, 11) is 0. The fraction of sp³-hybridized carbons (Fsp3) is 0.538. The monoisotopic (exact) mass is 278 g/mol. The van der Waals surface area contributed by atoms with E-state index in [0.29, 0.717) is 11.2 Å². The minimum Gasteiger partial charge on any atom is -0.376 e. The summed E-state index contributed by atoms with van der Waals surface area (Å²) in [6, 6.07) is 2.02. The van der Waals surface area contributed by atoms with Crippen molar-refractivity contribution in [3.8, 4) is 10.6 Å². The van der Waals surface area contributed by atoms with Crippen LogP contribution in [0, 0.1) is 6.92 Å². The lowest BCUT2D eigenvalue weighted by atomic mass is 10.1. The third-order valence-electron chi connectivity index (χ3n) is 3.35. The number of nitrogens with zero attached hydrogens (tertiary/aromatic N) is 3. The number of hydrogen-bond donors (Lipinski definition) is 1. The highest BCUT2D eigenvalue weighted by Gasteiger charge is 2.16. The van der Waals surface area contributed by atoms with Gasteiger partial charge in [-0.2, -0.15) is 5.10 Å². The first-order valence-corrected chi connectivity index (χ1v) is 7.42. The van der Waals surface area contributed by atoms with Crippen LogP contribution in [0.5, 0.6) is 0 Å². The number of nitrogens with two attached hydrogens (primary N) is 1. The zero-order chi connectivity index (χ0) is 13.2. The second-order valence-electron chi connectivity index (χ2n) is 4.88. The molecule has 0 saturated carbocycles. The molecule has 0 aromatic carbocycles. The van der Waals surface area contributed by atoms with Crippen LogP contribution in [0.25, 0.3) is 10.6 Å². The van der Waals surface area contributed by atoms with E-state index in [2.05, 4.69) is 10.1 Å². The Morgan fingerprint density at radius 1 is 1.53 bits per heavy atom. The van der Waals surface area contributed by atoms with Crippen LogP contribution in [-0.4, -0.2) is 27.5 Å². The zero-order valence-electron chi connectivity index (χ0n) is 11.0. The molecule has 0 amide bonds. The van der Waals surface area contributed by atoms with Crippen molar-refractivity contribution in [2.45, 2.75) is 38.8 Å². The van der Waals surface area contributed by atoms with Gasteiger partial charge in [0.15, 0.2) is 5.13 Å². The summed E-state index contributed by atoms with van der Waals surface area (Å²) in [6.45, 7) is 3.67. The van der Waals surface area contributed by atoms with Gasteiger partial charge in [-0.05, 0) is 32.3 Å². The number of nitrogen functional groups attached to an aromatic ring is 1. The van der Waals surface area contributed by atoms with Crippen molar-refractivity contribution >= 4 is 16.5 Å². The number of rotatable bonds is 3. The number of aromatic nitrogens is 3. The maximum Gasteiger partial charge on any atom is 0.180 e. The van der Waals surface area contributed by atoms with E-state index < -0.39 is 0 Å². The summed E-state index contributed by atoms with van der Waals surface area (Å²) in [5.74, 6) is 0. The number of hydrogen-bond acceptors (Lipinski definition) is 5. The zero-order valence-corrected chi connectivity index (χ0v) is 11.8. The smallest absolute Gasteiger partial charge is 0.180 e. The van der Waals surface area contributed by atoms with E-state index in [1.807, 2.05) is 23.9 Å². The van der Waals surface area contributed by atoms with Crippen molar-refractivity contribution in [3.05, 3.63) is 18.0 Å². The van der Waals surface area contributed by atoms with Gasteiger partial charge < -0.3 is 10.5 Å². The summed E-state index contributed by atoms with van der Waals surface area (Å²) in [5.41, 5.74) is 7.62. The number of ether oxygens (including phenoxy) is 1. The van der Waals surface area contributed by atoms with Gasteiger partial charge in [-0.3, -0.25) is 4.68 Å². The minimum absolute atomic E-state index is 0.300. The van der Waals surface area contributed by atoms with E-state index in [1.54, 1.807) is 0 Å². The van der Waals surface area contributed by atoms with E-state index in [-0.39, 0.29) is 0 Å². The van der Waals surface area contributed by atoms with E-state index in [0.717, 1.165) is 35.8 Å². The van der Waals surface area contributed by atoms with Crippen LogP contribution in [-0.2, 0) is 11.3 Å². The SMILES string of the molecule is Cc1nc(N)sc1-c1ccn(CC2CCCCO2)n1. The molecule has 3 heterocycles. The van der Waals surface area contributed by atoms with Gasteiger partial charge in [-0.15, -0.1) is 0 Å². The lowest BCUT2D eigenvalue weighted by Gasteiger charge is -2.22. The molecule has 1 atom stereocenters. The summed E-state index contributed by atoms with van der Waals surface area (Å²) in [5, 5.41) is 5.20. The molecule has 1 aliphatic rings. The van der Waals surface area contributed by atoms with Crippen LogP contribution in [0.2, 0.25) is 0 Å². The van der Waals surface area contributed by atoms with Crippen LogP contribution in [0.4, 0.5) is 5.13 Å². The highest BCUT2D eigenvalue weighted by Crippen LogP contribution is 2.29. The molecule has 0 bridgehead atoms. The molecule has 2 aromatic rings. The van der Waals surface area contributed by atoms with E-state index in [1.165, 1.54) is 24.2 Å². The summed E-state index contributed by atoms with van der Waals surface area (Å²) in [4.78, 5) is 5.29. The maximum atomic E-state index is 5.73. The Hall–Kier alpha value is -1.40. The molecule has 0 spiro atoms. The fourth-order valence-corrected chi connectivity index (χ4v) is 3.20. The standard InChI is InChI=1S/C13H18N4OS/c1-9-12(19-13(14)15-9)11-5-6-17(16-11)8-10-4-2-3-7-18-10/h5-6,10H,2-4,7-8H2,1H3,(H2,14,15). The molecule has 5 nitrogen and oxygen atoms in total. The fourth-order valence-electron chi connectivity index (χ4n) is 2.40. The second kappa shape index (κ2) is 5.30. The predicted molar refractivity (Wildman–Crippen MR) is 76.1 cm³/mol. The molecule has 3 rings (SSSR count). The quantitative estimate of drug-likeness (QED) is 0.936. The van der Waals surface area contributed by atoms with Crippen molar-refractivity contribution in [1.82, 2.24) is 14.8 Å². The molecule has 6 heteroatoms. The Balaban J connectivity index is 1.74. The third kappa shape index (κ3) is 2.79. The molecule has 1 unspecified atom stereocenters. The van der Waals surface area contributed by atoms with Gasteiger partial charge in [0.05, 0.1) is 23.2 Å². The lowest BCUT2D eigenvalue weighted by Crippen LogP contribution is -2.24. The van der Waals surface area contributed by atoms with E-state index in [4.69, 9.17) is 10.5 Å². The van der Waals surface area contributed by atoms with Gasteiger partial charge >= 0.3 is 0 Å². The molecule has 2 aromatic heterocycles. The first-order chi connectivity index (χ1) is 9.22. The molecule has 2 N–H and O–H groups in total. The first-order valence-electron chi connectivity index (χ1n) is 6.61. The minimum atomic E-state index is 0.300. The molecule has 1 aliphatic heterocycles. The summed E-state index contributed by atoms with van der Waals surface area (Å²) < 4.78 is 7.69. The number of aryl methyl sites for hydroxylation is 1. The molecule has 102 valence electrons. The van der Waals surface area contributed by atoms with Gasteiger partial charge in [0.25, 0.3) is 0 Å². The largest absolute Gasteiger partial charge is 0.376 e. The second-order valence-corrected chi connectivity index (χ2v) is 5.91. The van der Waals surface area contributed by atoms with Gasteiger partial charge in [-0.1, -0.05) is 11.3 Å². The molecule has 0 radical (unpaired) electrons. The van der Waals surface area contributed by atoms with Crippen molar-refractivity contribution in [2.24, 2.45) is 0 Å². The molecule has 1 fully saturated rings. The van der Waals surface area contributed by atoms with Crippen LogP contribution >= 0.6 is 11.3 Å². The maximum absolute atomic E-state index is 5.73. The van der Waals surface area contributed by atoms with Crippen LogP contribution in [0.1, 0.15) is 25.0 Å². The topological polar surface area (TPSA) is 66.0 Å². The normalized spacial score (nSPS) is 19.7. The van der Waals surface area contributed by atoms with Gasteiger partial charge in [-0.25, -0.2) is 4.98 Å². The molecule has 0 aliphatic carbocycles. The Labute approximate surface area is 116 Å². The summed E-state index contributed by atoms with van der Waals surface area (Å²) in [6.07, 6.45) is 5.86. The van der Waals surface area contributed by atoms with Crippen molar-refractivity contribution in [3.63, 3.8) is 0 Å². The Morgan fingerprint density at radius 2 is 2.42 bits per heavy atom. The Bertz CT molecular complexity index is 557. The Morgan fingerprint density at radius 3 is 3.11 bits per heavy atom. The van der Waals surface area contributed by atoms with E-state index in [9.17, 15) is 0 Å². The van der Waals surface area contributed by atoms with Crippen LogP contribution in [0.3, 0.4) is 0 Å². The van der Waals surface area contributed by atoms with Crippen LogP contribution in [0.15, 0.2) is 12.3 Å². The van der Waals surface area contributed by atoms with Crippen molar-refractivity contribution in [1.29, 1.82) is 0 Å². The lowest BCUT2D eigenvalue weighted by molar-refractivity contribution is 0.00403. The molecular weight excluding hydrogens is 260 g/mol. The highest BCUT2D eigenvalue weighted by molar-refractivity contribution is 7.18. The average Bonchev–Trinajstić information content (AvgIpc) is 2.97. The molecular formula is C13H18N4OS. The van der Waals surface area contributed by atoms with Crippen molar-refractivity contribution in [2.75, 3.05) is 12.3 Å². The van der Waals surface area contributed by atoms with Crippen LogP contribution < -0.4 is 5.73 Å². The highest BCUT2D eigenvalue weighted by atomic mass is 32.1. The Kier molecular flexibility index (Phi) is 3.52. The van der Waals surface area contributed by atoms with Gasteiger partial charge in [0.1, 0.15) is 5.69 Å². The first kappa shape index (κ1) is 12.6. The number of anilines is 1. The molecule has 1 saturated heterocycles. The van der Waals surface area contributed by atoms with Gasteiger partial charge in [0.2, 0.25) is 0 Å². The van der Waals surface area contributed by atoms with Gasteiger partial charge in [0, 0.05) is 12.8 Å². The molecule has 19 heavy (non-hydrogen) atoms. The third-order valence-corrected chi connectivity index (χ3v) is 4.36.